The maximum atomic E-state index is 12.6. The van der Waals surface area contributed by atoms with Crippen molar-refractivity contribution in [1.29, 1.82) is 0 Å². The second-order valence-electron chi connectivity index (χ2n) is 5.65. The highest BCUT2D eigenvalue weighted by Crippen LogP contribution is 2.40. The molecular formula is C16H16BrNO2. The van der Waals surface area contributed by atoms with Crippen molar-refractivity contribution in [2.45, 2.75) is 26.7 Å². The summed E-state index contributed by atoms with van der Waals surface area (Å²) in [6.45, 7) is 3.95. The highest BCUT2D eigenvalue weighted by atomic mass is 79.9. The summed E-state index contributed by atoms with van der Waals surface area (Å²) in [6.07, 6.45) is 3.48. The van der Waals surface area contributed by atoms with Crippen LogP contribution in [0.4, 0.5) is 5.69 Å². The molecule has 0 radical (unpaired) electrons. The van der Waals surface area contributed by atoms with Crippen molar-refractivity contribution in [3.8, 4) is 0 Å². The molecular weight excluding hydrogens is 318 g/mol. The molecule has 3 nitrogen and oxygen atoms in total. The summed E-state index contributed by atoms with van der Waals surface area (Å²) in [5.74, 6) is -0.433. The van der Waals surface area contributed by atoms with E-state index in [9.17, 15) is 9.59 Å². The van der Waals surface area contributed by atoms with Gasteiger partial charge in [0.1, 0.15) is 0 Å². The van der Waals surface area contributed by atoms with E-state index in [1.807, 2.05) is 32.0 Å². The number of aryl methyl sites for hydroxylation is 1. The Hall–Kier alpha value is -1.42. The monoisotopic (exact) mass is 333 g/mol. The number of carbonyl (C=O) groups is 2. The third kappa shape index (κ3) is 2.03. The number of fused-ring (bicyclic) bond motifs is 1. The van der Waals surface area contributed by atoms with E-state index in [4.69, 9.17) is 0 Å². The van der Waals surface area contributed by atoms with Crippen molar-refractivity contribution < 1.29 is 9.59 Å². The average molecular weight is 334 g/mol. The van der Waals surface area contributed by atoms with Crippen LogP contribution in [0.15, 0.2) is 34.3 Å². The van der Waals surface area contributed by atoms with Gasteiger partial charge in [0.2, 0.25) is 11.8 Å². The van der Waals surface area contributed by atoms with Crippen LogP contribution in [0.25, 0.3) is 0 Å². The summed E-state index contributed by atoms with van der Waals surface area (Å²) < 4.78 is 0.952. The number of imide groups is 1. The zero-order valence-electron chi connectivity index (χ0n) is 11.5. The lowest BCUT2D eigenvalue weighted by Crippen LogP contribution is -2.31. The molecule has 1 aromatic rings. The Morgan fingerprint density at radius 2 is 1.85 bits per heavy atom. The van der Waals surface area contributed by atoms with E-state index < -0.39 is 0 Å². The number of hydrogen-bond donors (Lipinski definition) is 0. The highest BCUT2D eigenvalue weighted by Gasteiger charge is 2.48. The number of anilines is 1. The van der Waals surface area contributed by atoms with E-state index in [2.05, 4.69) is 22.0 Å². The first-order valence-corrected chi connectivity index (χ1v) is 7.58. The summed E-state index contributed by atoms with van der Waals surface area (Å²) in [4.78, 5) is 26.6. The molecule has 2 atom stereocenters. The molecule has 1 saturated heterocycles. The van der Waals surface area contributed by atoms with Crippen molar-refractivity contribution in [3.63, 3.8) is 0 Å². The van der Waals surface area contributed by atoms with Crippen LogP contribution in [0.5, 0.6) is 0 Å². The molecule has 0 bridgehead atoms. The largest absolute Gasteiger partial charge is 0.274 e. The van der Waals surface area contributed by atoms with Gasteiger partial charge in [-0.05, 0) is 50.5 Å². The topological polar surface area (TPSA) is 37.4 Å². The normalized spacial score (nSPS) is 25.8. The lowest BCUT2D eigenvalue weighted by atomic mass is 9.82. The van der Waals surface area contributed by atoms with E-state index in [-0.39, 0.29) is 23.7 Å². The predicted octanol–water partition coefficient (Wildman–Crippen LogP) is 3.60. The molecule has 0 aromatic heterocycles. The lowest BCUT2D eigenvalue weighted by Gasteiger charge is -2.19. The number of carbonyl (C=O) groups excluding carboxylic acids is 2. The van der Waals surface area contributed by atoms with Crippen LogP contribution in [-0.4, -0.2) is 11.8 Å². The van der Waals surface area contributed by atoms with Gasteiger partial charge in [-0.3, -0.25) is 9.59 Å². The summed E-state index contributed by atoms with van der Waals surface area (Å²) in [7, 11) is 0. The predicted molar refractivity (Wildman–Crippen MR) is 81.3 cm³/mol. The van der Waals surface area contributed by atoms with Crippen LogP contribution in [0, 0.1) is 18.8 Å². The van der Waals surface area contributed by atoms with Gasteiger partial charge in [-0.1, -0.05) is 27.6 Å². The molecule has 2 amide bonds. The number of nitrogens with zero attached hydrogens (tertiary/aromatic N) is 1. The molecule has 0 saturated carbocycles. The van der Waals surface area contributed by atoms with Crippen LogP contribution < -0.4 is 4.90 Å². The van der Waals surface area contributed by atoms with Gasteiger partial charge in [-0.25, -0.2) is 4.90 Å². The molecule has 1 aliphatic heterocycles. The van der Waals surface area contributed by atoms with Gasteiger partial charge in [0.15, 0.2) is 0 Å². The molecule has 4 heteroatoms. The molecule has 104 valence electrons. The van der Waals surface area contributed by atoms with Crippen LogP contribution >= 0.6 is 15.9 Å². The standard InChI is InChI=1S/C16H16BrNO2/c1-9-3-5-12-13(7-9)16(20)18(15(12)19)14-6-4-11(17)8-10(14)2/h3-4,6,8,12-13H,5,7H2,1-2H3/t12-,13-/m1/s1. The van der Waals surface area contributed by atoms with Crippen molar-refractivity contribution >= 4 is 33.4 Å². The number of hydrogen-bond acceptors (Lipinski definition) is 2. The van der Waals surface area contributed by atoms with Gasteiger partial charge >= 0.3 is 0 Å². The van der Waals surface area contributed by atoms with Crippen molar-refractivity contribution in [2.75, 3.05) is 4.90 Å². The van der Waals surface area contributed by atoms with Crippen LogP contribution in [0.1, 0.15) is 25.3 Å². The third-order valence-corrected chi connectivity index (χ3v) is 4.72. The van der Waals surface area contributed by atoms with Gasteiger partial charge in [0, 0.05) is 4.47 Å². The molecule has 2 aliphatic rings. The maximum Gasteiger partial charge on any atom is 0.238 e. The Morgan fingerprint density at radius 1 is 1.15 bits per heavy atom. The Morgan fingerprint density at radius 3 is 2.55 bits per heavy atom. The summed E-state index contributed by atoms with van der Waals surface area (Å²) >= 11 is 3.41. The van der Waals surface area contributed by atoms with Gasteiger partial charge < -0.3 is 0 Å². The highest BCUT2D eigenvalue weighted by molar-refractivity contribution is 9.10. The van der Waals surface area contributed by atoms with Gasteiger partial charge in [0.05, 0.1) is 17.5 Å². The second-order valence-corrected chi connectivity index (χ2v) is 6.56. The van der Waals surface area contributed by atoms with Crippen LogP contribution in [0.3, 0.4) is 0 Å². The minimum atomic E-state index is -0.172. The molecule has 0 spiro atoms. The van der Waals surface area contributed by atoms with Crippen LogP contribution in [0.2, 0.25) is 0 Å². The van der Waals surface area contributed by atoms with E-state index >= 15 is 0 Å². The fourth-order valence-electron chi connectivity index (χ4n) is 3.14. The summed E-state index contributed by atoms with van der Waals surface area (Å²) in [6, 6.07) is 5.64. The molecule has 20 heavy (non-hydrogen) atoms. The summed E-state index contributed by atoms with van der Waals surface area (Å²) in [5, 5.41) is 0. The number of benzene rings is 1. The number of halogens is 1. The fourth-order valence-corrected chi connectivity index (χ4v) is 3.62. The minimum Gasteiger partial charge on any atom is -0.274 e. The van der Waals surface area contributed by atoms with Gasteiger partial charge in [0.25, 0.3) is 0 Å². The number of amides is 2. The van der Waals surface area contributed by atoms with Crippen molar-refractivity contribution in [1.82, 2.24) is 0 Å². The quantitative estimate of drug-likeness (QED) is 0.581. The zero-order valence-corrected chi connectivity index (χ0v) is 13.1. The van der Waals surface area contributed by atoms with E-state index in [0.717, 1.165) is 15.7 Å². The molecule has 1 aromatic carbocycles. The second kappa shape index (κ2) is 4.85. The van der Waals surface area contributed by atoms with E-state index in [0.29, 0.717) is 12.8 Å². The molecule has 3 rings (SSSR count). The Kier molecular flexibility index (Phi) is 3.28. The minimum absolute atomic E-state index is 0.0436. The first-order valence-electron chi connectivity index (χ1n) is 6.78. The molecule has 1 heterocycles. The van der Waals surface area contributed by atoms with Gasteiger partial charge in [-0.15, -0.1) is 0 Å². The SMILES string of the molecule is CC1=CC[C@H]2C(=O)N(c3ccc(Br)cc3C)C(=O)[C@@H]2C1. The smallest absolute Gasteiger partial charge is 0.238 e. The molecule has 0 unspecified atom stereocenters. The zero-order chi connectivity index (χ0) is 14.4. The lowest BCUT2D eigenvalue weighted by molar-refractivity contribution is -0.122. The van der Waals surface area contributed by atoms with Gasteiger partial charge in [-0.2, -0.15) is 0 Å². The molecule has 0 N–H and O–H groups in total. The Labute approximate surface area is 126 Å². The molecule has 1 fully saturated rings. The van der Waals surface area contributed by atoms with E-state index in [1.54, 1.807) is 0 Å². The van der Waals surface area contributed by atoms with Crippen LogP contribution in [-0.2, 0) is 9.59 Å². The first kappa shape index (κ1) is 13.6. The van der Waals surface area contributed by atoms with E-state index in [1.165, 1.54) is 10.5 Å². The number of allylic oxidation sites excluding steroid dienone is 2. The first-order chi connectivity index (χ1) is 9.49. The Bertz CT molecular complexity index is 635. The van der Waals surface area contributed by atoms with Crippen molar-refractivity contribution in [2.24, 2.45) is 11.8 Å². The van der Waals surface area contributed by atoms with Crippen molar-refractivity contribution in [3.05, 3.63) is 39.9 Å². The molecule has 1 aliphatic carbocycles. The fraction of sp³-hybridized carbons (Fsp3) is 0.375. The number of rotatable bonds is 1. The maximum absolute atomic E-state index is 12.6. The Balaban J connectivity index is 2.00. The summed E-state index contributed by atoms with van der Waals surface area (Å²) in [5.41, 5.74) is 2.86. The third-order valence-electron chi connectivity index (χ3n) is 4.22. The average Bonchev–Trinajstić information content (AvgIpc) is 2.63.